The number of rotatable bonds is 3. The van der Waals surface area contributed by atoms with Crippen molar-refractivity contribution in [3.8, 4) is 0 Å². The first kappa shape index (κ1) is 9.48. The lowest BCUT2D eigenvalue weighted by atomic mass is 10.2. The van der Waals surface area contributed by atoms with Gasteiger partial charge in [-0.25, -0.2) is 0 Å². The van der Waals surface area contributed by atoms with E-state index >= 15 is 0 Å². The molecule has 0 aliphatic carbocycles. The number of carbonyl (C=O) groups excluding carboxylic acids is 1. The molecule has 0 spiro atoms. The van der Waals surface area contributed by atoms with Gasteiger partial charge in [-0.15, -0.1) is 0 Å². The zero-order chi connectivity index (χ0) is 8.97. The van der Waals surface area contributed by atoms with Crippen molar-refractivity contribution in [3.05, 3.63) is 0 Å². The molecule has 2 atom stereocenters. The first-order valence-electron chi connectivity index (χ1n) is 4.39. The molecule has 1 amide bonds. The molecule has 70 valence electrons. The van der Waals surface area contributed by atoms with E-state index in [1.165, 1.54) is 0 Å². The van der Waals surface area contributed by atoms with Gasteiger partial charge >= 0.3 is 0 Å². The Labute approximate surface area is 72.3 Å². The molecule has 0 aromatic heterocycles. The highest BCUT2D eigenvalue weighted by atomic mass is 16.3. The molecule has 3 N–H and O–H groups in total. The fourth-order valence-corrected chi connectivity index (χ4v) is 1.28. The van der Waals surface area contributed by atoms with Gasteiger partial charge in [0.25, 0.3) is 0 Å². The second-order valence-corrected chi connectivity index (χ2v) is 3.24. The summed E-state index contributed by atoms with van der Waals surface area (Å²) in [6.07, 6.45) is 1.51. The Kier molecular flexibility index (Phi) is 3.49. The van der Waals surface area contributed by atoms with E-state index in [1.54, 1.807) is 6.92 Å². The highest BCUT2D eigenvalue weighted by Gasteiger charge is 2.21. The summed E-state index contributed by atoms with van der Waals surface area (Å²) in [5.41, 5.74) is 0. The summed E-state index contributed by atoms with van der Waals surface area (Å²) in [5, 5.41) is 14.7. The van der Waals surface area contributed by atoms with Gasteiger partial charge in [-0.2, -0.15) is 0 Å². The van der Waals surface area contributed by atoms with E-state index in [0.717, 1.165) is 19.4 Å². The van der Waals surface area contributed by atoms with Crippen molar-refractivity contribution in [1.82, 2.24) is 10.6 Å². The number of hydrogen-bond acceptors (Lipinski definition) is 3. The van der Waals surface area contributed by atoms with Crippen molar-refractivity contribution in [1.29, 1.82) is 0 Å². The zero-order valence-corrected chi connectivity index (χ0v) is 7.34. The quantitative estimate of drug-likeness (QED) is 0.524. The number of hydrogen-bond donors (Lipinski definition) is 3. The normalized spacial score (nSPS) is 25.3. The maximum absolute atomic E-state index is 11.3. The summed E-state index contributed by atoms with van der Waals surface area (Å²) in [4.78, 5) is 11.3. The lowest BCUT2D eigenvalue weighted by molar-refractivity contribution is -0.123. The Morgan fingerprint density at radius 1 is 1.83 bits per heavy atom. The van der Waals surface area contributed by atoms with Crippen LogP contribution >= 0.6 is 0 Å². The molecular weight excluding hydrogens is 156 g/mol. The fraction of sp³-hybridized carbons (Fsp3) is 0.875. The van der Waals surface area contributed by atoms with Crippen LogP contribution in [-0.4, -0.2) is 36.2 Å². The number of aliphatic hydroxyl groups is 1. The van der Waals surface area contributed by atoms with Crippen molar-refractivity contribution in [2.75, 3.05) is 13.1 Å². The van der Waals surface area contributed by atoms with Crippen LogP contribution in [0.4, 0.5) is 0 Å². The number of carbonyl (C=O) groups is 1. The van der Waals surface area contributed by atoms with E-state index < -0.39 is 6.10 Å². The predicted octanol–water partition coefficient (Wildman–Crippen LogP) is -0.765. The standard InChI is InChI=1S/C8H16N2O2/c1-6(11)5-10-8(12)7-3-2-4-9-7/h6-7,9,11H,2-5H2,1H3,(H,10,12)/t6?,7-/m0/s1. The molecular formula is C8H16N2O2. The maximum Gasteiger partial charge on any atom is 0.237 e. The van der Waals surface area contributed by atoms with Gasteiger partial charge in [-0.3, -0.25) is 4.79 Å². The van der Waals surface area contributed by atoms with Crippen molar-refractivity contribution >= 4 is 5.91 Å². The molecule has 4 heteroatoms. The molecule has 1 unspecified atom stereocenters. The summed E-state index contributed by atoms with van der Waals surface area (Å²) in [6.45, 7) is 2.92. The molecule has 12 heavy (non-hydrogen) atoms. The third-order valence-electron chi connectivity index (χ3n) is 1.95. The van der Waals surface area contributed by atoms with E-state index in [0.29, 0.717) is 6.54 Å². The summed E-state index contributed by atoms with van der Waals surface area (Å²) in [5.74, 6) is 0.00778. The first-order chi connectivity index (χ1) is 5.70. The highest BCUT2D eigenvalue weighted by Crippen LogP contribution is 2.04. The average molecular weight is 172 g/mol. The SMILES string of the molecule is CC(O)CNC(=O)[C@@H]1CCCN1. The van der Waals surface area contributed by atoms with Gasteiger partial charge in [-0.05, 0) is 26.3 Å². The van der Waals surface area contributed by atoms with E-state index in [4.69, 9.17) is 5.11 Å². The van der Waals surface area contributed by atoms with Crippen LogP contribution in [0.3, 0.4) is 0 Å². The molecule has 1 saturated heterocycles. The molecule has 4 nitrogen and oxygen atoms in total. The number of amides is 1. The van der Waals surface area contributed by atoms with Crippen molar-refractivity contribution in [3.63, 3.8) is 0 Å². The second-order valence-electron chi connectivity index (χ2n) is 3.24. The smallest absolute Gasteiger partial charge is 0.237 e. The van der Waals surface area contributed by atoms with Crippen molar-refractivity contribution in [2.24, 2.45) is 0 Å². The molecule has 0 bridgehead atoms. The Balaban J connectivity index is 2.18. The van der Waals surface area contributed by atoms with E-state index in [2.05, 4.69) is 10.6 Å². The monoisotopic (exact) mass is 172 g/mol. The summed E-state index contributed by atoms with van der Waals surface area (Å²) >= 11 is 0. The lowest BCUT2D eigenvalue weighted by Crippen LogP contribution is -2.42. The maximum atomic E-state index is 11.3. The topological polar surface area (TPSA) is 61.4 Å². The van der Waals surface area contributed by atoms with Gasteiger partial charge in [-0.1, -0.05) is 0 Å². The third-order valence-corrected chi connectivity index (χ3v) is 1.95. The Bertz CT molecular complexity index is 153. The largest absolute Gasteiger partial charge is 0.392 e. The Hall–Kier alpha value is -0.610. The summed E-state index contributed by atoms with van der Waals surface area (Å²) < 4.78 is 0. The molecule has 0 aromatic carbocycles. The minimum absolute atomic E-state index is 0.00778. The van der Waals surface area contributed by atoms with Gasteiger partial charge in [0.15, 0.2) is 0 Å². The van der Waals surface area contributed by atoms with Gasteiger partial charge in [0.2, 0.25) is 5.91 Å². The van der Waals surface area contributed by atoms with Gasteiger partial charge in [0.1, 0.15) is 0 Å². The van der Waals surface area contributed by atoms with Crippen molar-refractivity contribution in [2.45, 2.75) is 31.9 Å². The highest BCUT2D eigenvalue weighted by molar-refractivity contribution is 5.81. The van der Waals surface area contributed by atoms with Crippen LogP contribution in [0, 0.1) is 0 Å². The summed E-state index contributed by atoms with van der Waals surface area (Å²) in [6, 6.07) is -0.0382. The minimum Gasteiger partial charge on any atom is -0.392 e. The summed E-state index contributed by atoms with van der Waals surface area (Å²) in [7, 11) is 0. The van der Waals surface area contributed by atoms with E-state index in [-0.39, 0.29) is 11.9 Å². The third kappa shape index (κ3) is 2.79. The second kappa shape index (κ2) is 4.42. The minimum atomic E-state index is -0.463. The number of nitrogens with one attached hydrogen (secondary N) is 2. The first-order valence-corrected chi connectivity index (χ1v) is 4.39. The predicted molar refractivity (Wildman–Crippen MR) is 45.7 cm³/mol. The van der Waals surface area contributed by atoms with Gasteiger partial charge in [0, 0.05) is 6.54 Å². The Morgan fingerprint density at radius 3 is 3.08 bits per heavy atom. The number of aliphatic hydroxyl groups excluding tert-OH is 1. The van der Waals surface area contributed by atoms with Gasteiger partial charge in [0.05, 0.1) is 12.1 Å². The molecule has 1 fully saturated rings. The average Bonchev–Trinajstić information content (AvgIpc) is 2.51. The fourth-order valence-electron chi connectivity index (χ4n) is 1.28. The molecule has 1 aliphatic rings. The molecule has 0 aromatic rings. The van der Waals surface area contributed by atoms with Crippen LogP contribution < -0.4 is 10.6 Å². The Morgan fingerprint density at radius 2 is 2.58 bits per heavy atom. The van der Waals surface area contributed by atoms with Gasteiger partial charge < -0.3 is 15.7 Å². The molecule has 1 aliphatic heterocycles. The molecule has 0 saturated carbocycles. The lowest BCUT2D eigenvalue weighted by Gasteiger charge is -2.11. The van der Waals surface area contributed by atoms with Crippen LogP contribution in [0.2, 0.25) is 0 Å². The molecule has 0 radical (unpaired) electrons. The van der Waals surface area contributed by atoms with Crippen LogP contribution in [0.15, 0.2) is 0 Å². The van der Waals surface area contributed by atoms with E-state index in [1.807, 2.05) is 0 Å². The van der Waals surface area contributed by atoms with Crippen LogP contribution in [-0.2, 0) is 4.79 Å². The molecule has 1 heterocycles. The molecule has 1 rings (SSSR count). The zero-order valence-electron chi connectivity index (χ0n) is 7.34. The van der Waals surface area contributed by atoms with Crippen LogP contribution in [0.25, 0.3) is 0 Å². The van der Waals surface area contributed by atoms with Crippen LogP contribution in [0.1, 0.15) is 19.8 Å². The van der Waals surface area contributed by atoms with E-state index in [9.17, 15) is 4.79 Å². The van der Waals surface area contributed by atoms with Crippen LogP contribution in [0.5, 0.6) is 0 Å². The van der Waals surface area contributed by atoms with Crippen molar-refractivity contribution < 1.29 is 9.90 Å².